The Kier molecular flexibility index (Phi) is 12.5. The summed E-state index contributed by atoms with van der Waals surface area (Å²) in [6.45, 7) is 16.1. The normalized spacial score (nSPS) is 11.5. The van der Waals surface area contributed by atoms with E-state index in [1.165, 1.54) is 90.1 Å². The van der Waals surface area contributed by atoms with E-state index in [9.17, 15) is 0 Å². The van der Waals surface area contributed by atoms with Crippen LogP contribution in [0.5, 0.6) is 0 Å². The first-order valence-electron chi connectivity index (χ1n) is 19.8. The largest absolute Gasteiger partial charge is 0.197 e. The molecule has 0 saturated carbocycles. The number of hydrogen-bond donors (Lipinski definition) is 0. The molecule has 0 radical (unpaired) electrons. The van der Waals surface area contributed by atoms with Crippen LogP contribution >= 0.6 is 7.26 Å². The highest BCUT2D eigenvalue weighted by molar-refractivity contribution is 8.01. The Morgan fingerprint density at radius 1 is 0.352 bits per heavy atom. The van der Waals surface area contributed by atoms with Crippen molar-refractivity contribution in [1.82, 2.24) is 0 Å². The Bertz CT molecular complexity index is 1970. The predicted octanol–water partition coefficient (Wildman–Crippen LogP) is 10.1. The Labute approximate surface area is 326 Å². The van der Waals surface area contributed by atoms with Gasteiger partial charge in [0.1, 0.15) is 28.5 Å². The summed E-state index contributed by atoms with van der Waals surface area (Å²) in [5, 5.41) is 5.55. The molecule has 0 aliphatic carbocycles. The number of aryl methyl sites for hydroxylation is 3. The van der Waals surface area contributed by atoms with Crippen LogP contribution < -0.4 is 37.6 Å². The van der Waals surface area contributed by atoms with E-state index in [1.54, 1.807) is 0 Å². The lowest BCUT2D eigenvalue weighted by atomic mass is 9.12. The first-order valence-corrected chi connectivity index (χ1v) is 21.5. The average Bonchev–Trinajstić information content (AvgIpc) is 3.21. The number of rotatable bonds is 10. The first kappa shape index (κ1) is 38.7. The van der Waals surface area contributed by atoms with Gasteiger partial charge in [0.2, 0.25) is 0 Å². The van der Waals surface area contributed by atoms with Crippen LogP contribution in [0.25, 0.3) is 0 Å². The topological polar surface area (TPSA) is 0 Å². The molecule has 0 fully saturated rings. The second-order valence-electron chi connectivity index (χ2n) is 15.1. The van der Waals surface area contributed by atoms with Crippen molar-refractivity contribution in [1.29, 1.82) is 0 Å². The molecule has 0 nitrogen and oxygen atoms in total. The molecule has 272 valence electrons. The van der Waals surface area contributed by atoms with Crippen molar-refractivity contribution in [3.63, 3.8) is 0 Å². The number of benzene rings is 7. The van der Waals surface area contributed by atoms with Gasteiger partial charge >= 0.3 is 0 Å². The Balaban J connectivity index is 0.000000186. The molecule has 0 amide bonds. The number of hydrogen-bond acceptors (Lipinski definition) is 0. The van der Waals surface area contributed by atoms with Gasteiger partial charge in [0, 0.05) is 0 Å². The Morgan fingerprint density at radius 3 is 0.889 bits per heavy atom. The molecular formula is C52H56BP. The van der Waals surface area contributed by atoms with Gasteiger partial charge in [-0.2, -0.15) is 22.7 Å². The smallest absolute Gasteiger partial charge is 0.144 e. The predicted molar refractivity (Wildman–Crippen MR) is 243 cm³/mol. The minimum atomic E-state index is -1.91. The zero-order chi connectivity index (χ0) is 38.1. The second-order valence-corrected chi connectivity index (χ2v) is 18.5. The standard InChI is InChI=1S/C28H36B.C24H20P/c1-8-9-19-29(26-16-10-13-20(2)23(26)5,27-17-11-14-21(3)24(27)6)28-18-12-15-22(4)25(28)7;1-5-13-21(14-6-1)25(22-15-7-2-8-16-22,23-17-9-3-10-18-23)24-19-11-4-12-20-24/h10-18H,8-9,19H2,1-7H3;1-20H/q-1;+1. The van der Waals surface area contributed by atoms with Gasteiger partial charge in [0.15, 0.2) is 0 Å². The van der Waals surface area contributed by atoms with Gasteiger partial charge in [-0.25, -0.2) is 0 Å². The molecule has 0 spiro atoms. The quantitative estimate of drug-likeness (QED) is 0.0975. The Hall–Kier alpha value is -4.97. The molecule has 0 bridgehead atoms. The van der Waals surface area contributed by atoms with Crippen LogP contribution in [-0.2, 0) is 0 Å². The van der Waals surface area contributed by atoms with Gasteiger partial charge in [0.05, 0.1) is 6.15 Å². The lowest BCUT2D eigenvalue weighted by molar-refractivity contribution is 0.873. The van der Waals surface area contributed by atoms with E-state index in [2.05, 4.69) is 224 Å². The van der Waals surface area contributed by atoms with Crippen molar-refractivity contribution in [3.8, 4) is 0 Å². The lowest BCUT2D eigenvalue weighted by Crippen LogP contribution is -2.69. The molecule has 7 aromatic rings. The third kappa shape index (κ3) is 7.40. The maximum atomic E-state index is 2.40. The molecule has 0 aliphatic heterocycles. The van der Waals surface area contributed by atoms with E-state index in [0.717, 1.165) is 0 Å². The average molecular weight is 723 g/mol. The van der Waals surface area contributed by atoms with E-state index in [0.29, 0.717) is 0 Å². The van der Waals surface area contributed by atoms with Crippen molar-refractivity contribution in [2.75, 3.05) is 0 Å². The van der Waals surface area contributed by atoms with Crippen LogP contribution in [0.15, 0.2) is 176 Å². The molecule has 0 heterocycles. The van der Waals surface area contributed by atoms with Crippen molar-refractivity contribution < 1.29 is 0 Å². The molecule has 2 heteroatoms. The molecule has 0 aliphatic rings. The zero-order valence-corrected chi connectivity index (χ0v) is 34.3. The summed E-state index contributed by atoms with van der Waals surface area (Å²) in [4.78, 5) is 0. The third-order valence-electron chi connectivity index (χ3n) is 12.1. The zero-order valence-electron chi connectivity index (χ0n) is 33.4. The van der Waals surface area contributed by atoms with Crippen molar-refractivity contribution in [3.05, 3.63) is 209 Å². The van der Waals surface area contributed by atoms with Crippen LogP contribution in [0, 0.1) is 41.5 Å². The van der Waals surface area contributed by atoms with E-state index < -0.39 is 13.4 Å². The second kappa shape index (κ2) is 17.5. The minimum absolute atomic E-state index is 1.05. The molecule has 0 N–H and O–H groups in total. The maximum absolute atomic E-state index is 2.40. The Morgan fingerprint density at radius 2 is 0.630 bits per heavy atom. The van der Waals surface area contributed by atoms with Crippen LogP contribution in [0.4, 0.5) is 0 Å². The highest BCUT2D eigenvalue weighted by Crippen LogP contribution is 2.54. The molecular weight excluding hydrogens is 666 g/mol. The van der Waals surface area contributed by atoms with Crippen molar-refractivity contribution >= 4 is 51.0 Å². The third-order valence-corrected chi connectivity index (χ3v) is 16.4. The van der Waals surface area contributed by atoms with E-state index in [4.69, 9.17) is 0 Å². The van der Waals surface area contributed by atoms with Crippen LogP contribution in [-0.4, -0.2) is 6.15 Å². The SMILES string of the molecule is CCCC[B-](c1cccc(C)c1C)(c1cccc(C)c1C)c1cccc(C)c1C.c1ccc([P+](c2ccccc2)(c2ccccc2)c2ccccc2)cc1. The van der Waals surface area contributed by atoms with Gasteiger partial charge in [0.25, 0.3) is 0 Å². The van der Waals surface area contributed by atoms with Gasteiger partial charge in [-0.05, 0) is 90.1 Å². The summed E-state index contributed by atoms with van der Waals surface area (Å²) >= 11 is 0. The fourth-order valence-electron chi connectivity index (χ4n) is 8.90. The molecule has 0 saturated heterocycles. The summed E-state index contributed by atoms with van der Waals surface area (Å²) in [6.07, 6.45) is 2.59. The maximum Gasteiger partial charge on any atom is 0.144 e. The van der Waals surface area contributed by atoms with E-state index >= 15 is 0 Å². The summed E-state index contributed by atoms with van der Waals surface area (Å²) in [6, 6.07) is 64.6. The van der Waals surface area contributed by atoms with Gasteiger partial charge in [-0.1, -0.05) is 181 Å². The van der Waals surface area contributed by atoms with E-state index in [1.807, 2.05) is 0 Å². The monoisotopic (exact) mass is 722 g/mol. The fraction of sp³-hybridized carbons (Fsp3) is 0.192. The van der Waals surface area contributed by atoms with E-state index in [-0.39, 0.29) is 0 Å². The van der Waals surface area contributed by atoms with Crippen LogP contribution in [0.2, 0.25) is 6.32 Å². The summed E-state index contributed by atoms with van der Waals surface area (Å²) in [5.74, 6) is 0. The van der Waals surface area contributed by atoms with Crippen molar-refractivity contribution in [2.45, 2.75) is 67.6 Å². The molecule has 0 aromatic heterocycles. The highest BCUT2D eigenvalue weighted by atomic mass is 31.2. The van der Waals surface area contributed by atoms with Gasteiger partial charge in [-0.3, -0.25) is 0 Å². The molecule has 0 unspecified atom stereocenters. The highest BCUT2D eigenvalue weighted by Gasteiger charge is 2.47. The number of unbranched alkanes of at least 4 members (excludes halogenated alkanes) is 1. The summed E-state index contributed by atoms with van der Waals surface area (Å²) in [5.41, 5.74) is 13.1. The molecule has 7 rings (SSSR count). The first-order chi connectivity index (χ1) is 26.3. The fourth-order valence-corrected chi connectivity index (χ4v) is 13.2. The van der Waals surface area contributed by atoms with Gasteiger partial charge in [-0.15, -0.1) is 0 Å². The molecule has 7 aromatic carbocycles. The summed E-state index contributed by atoms with van der Waals surface area (Å²) in [7, 11) is -1.91. The minimum Gasteiger partial charge on any atom is -0.197 e. The summed E-state index contributed by atoms with van der Waals surface area (Å²) < 4.78 is 0. The van der Waals surface area contributed by atoms with Crippen molar-refractivity contribution in [2.24, 2.45) is 0 Å². The molecule has 54 heavy (non-hydrogen) atoms. The van der Waals surface area contributed by atoms with Gasteiger partial charge < -0.3 is 0 Å². The van der Waals surface area contributed by atoms with Crippen LogP contribution in [0.1, 0.15) is 53.1 Å². The van der Waals surface area contributed by atoms with Crippen LogP contribution in [0.3, 0.4) is 0 Å². The molecule has 0 atom stereocenters. The lowest BCUT2D eigenvalue weighted by Gasteiger charge is -2.47.